The van der Waals surface area contributed by atoms with Crippen LogP contribution in [0.15, 0.2) is 0 Å². The van der Waals surface area contributed by atoms with Crippen molar-refractivity contribution in [2.24, 2.45) is 29.1 Å². The molecular formula is C28H46O6. The van der Waals surface area contributed by atoms with Crippen LogP contribution >= 0.6 is 0 Å². The Morgan fingerprint density at radius 1 is 0.824 bits per heavy atom. The number of ether oxygens (including phenoxy) is 1. The number of rotatable bonds is 14. The largest absolute Gasteiger partial charge is 0.481 e. The van der Waals surface area contributed by atoms with Crippen LogP contribution in [-0.4, -0.2) is 34.7 Å². The van der Waals surface area contributed by atoms with Crippen LogP contribution in [0.2, 0.25) is 0 Å². The van der Waals surface area contributed by atoms with Crippen molar-refractivity contribution in [3.05, 3.63) is 0 Å². The molecule has 2 rings (SSSR count). The highest BCUT2D eigenvalue weighted by Crippen LogP contribution is 2.37. The van der Waals surface area contributed by atoms with E-state index < -0.39 is 17.0 Å². The third kappa shape index (κ3) is 8.49. The molecule has 34 heavy (non-hydrogen) atoms. The summed E-state index contributed by atoms with van der Waals surface area (Å²) in [5.74, 6) is 0.206. The molecule has 0 aromatic carbocycles. The minimum atomic E-state index is -0.784. The molecule has 0 heterocycles. The van der Waals surface area contributed by atoms with Gasteiger partial charge in [0.25, 0.3) is 6.47 Å². The van der Waals surface area contributed by atoms with E-state index in [9.17, 15) is 24.3 Å². The molecule has 0 spiro atoms. The van der Waals surface area contributed by atoms with E-state index in [2.05, 4.69) is 0 Å². The quantitative estimate of drug-likeness (QED) is 0.301. The SMILES string of the molecule is CC(C)(CCCC1CCCC(CCC2CCCC(CCCC(C)(C)C(=O)O)C2=O)C1=O)OC=O. The first-order chi connectivity index (χ1) is 16.0. The van der Waals surface area contributed by atoms with Gasteiger partial charge in [0.05, 0.1) is 5.41 Å². The van der Waals surface area contributed by atoms with Crippen molar-refractivity contribution in [1.29, 1.82) is 0 Å². The van der Waals surface area contributed by atoms with E-state index in [1.807, 2.05) is 13.8 Å². The molecule has 0 bridgehead atoms. The second kappa shape index (κ2) is 12.8. The summed E-state index contributed by atoms with van der Waals surface area (Å²) in [6, 6.07) is 0. The summed E-state index contributed by atoms with van der Waals surface area (Å²) in [7, 11) is 0. The summed E-state index contributed by atoms with van der Waals surface area (Å²) >= 11 is 0. The average Bonchev–Trinajstić information content (AvgIpc) is 2.75. The number of hydrogen-bond acceptors (Lipinski definition) is 5. The molecule has 0 aromatic rings. The number of hydrogen-bond donors (Lipinski definition) is 1. The third-order valence-electron chi connectivity index (χ3n) is 8.32. The van der Waals surface area contributed by atoms with Crippen molar-refractivity contribution in [3.8, 4) is 0 Å². The Balaban J connectivity index is 1.78. The summed E-state index contributed by atoms with van der Waals surface area (Å²) in [5.41, 5.74) is -1.23. The molecule has 2 aliphatic rings. The Kier molecular flexibility index (Phi) is 10.8. The lowest BCUT2D eigenvalue weighted by Crippen LogP contribution is -2.32. The first kappa shape index (κ1) is 28.5. The second-order valence-electron chi connectivity index (χ2n) is 12.0. The molecule has 1 N–H and O–H groups in total. The van der Waals surface area contributed by atoms with Crippen LogP contribution in [0.25, 0.3) is 0 Å². The van der Waals surface area contributed by atoms with Gasteiger partial charge in [-0.15, -0.1) is 0 Å². The van der Waals surface area contributed by atoms with Crippen LogP contribution in [0, 0.1) is 29.1 Å². The van der Waals surface area contributed by atoms with Crippen molar-refractivity contribution in [2.45, 2.75) is 123 Å². The number of carboxylic acid groups (broad SMARTS) is 1. The number of Topliss-reactive ketones (excluding diaryl/α,β-unsaturated/α-hetero) is 2. The Morgan fingerprint density at radius 2 is 1.24 bits per heavy atom. The summed E-state index contributed by atoms with van der Waals surface area (Å²) < 4.78 is 5.12. The van der Waals surface area contributed by atoms with Crippen molar-refractivity contribution in [3.63, 3.8) is 0 Å². The number of ketones is 2. The molecular weight excluding hydrogens is 432 g/mol. The van der Waals surface area contributed by atoms with Crippen molar-refractivity contribution >= 4 is 24.0 Å². The highest BCUT2D eigenvalue weighted by Gasteiger charge is 2.35. The normalized spacial score (nSPS) is 26.4. The molecule has 4 unspecified atom stereocenters. The first-order valence-corrected chi connectivity index (χ1v) is 13.4. The fourth-order valence-electron chi connectivity index (χ4n) is 5.87. The maximum Gasteiger partial charge on any atom is 0.309 e. The lowest BCUT2D eigenvalue weighted by atomic mass is 9.72. The van der Waals surface area contributed by atoms with Crippen LogP contribution in [-0.2, 0) is 23.9 Å². The van der Waals surface area contributed by atoms with Crippen molar-refractivity contribution in [1.82, 2.24) is 0 Å². The Bertz CT molecular complexity index is 710. The van der Waals surface area contributed by atoms with Gasteiger partial charge in [0.1, 0.15) is 17.2 Å². The highest BCUT2D eigenvalue weighted by molar-refractivity contribution is 5.85. The van der Waals surface area contributed by atoms with Gasteiger partial charge in [-0.05, 0) is 98.3 Å². The zero-order chi connectivity index (χ0) is 25.4. The highest BCUT2D eigenvalue weighted by atomic mass is 16.5. The number of carbonyl (C=O) groups excluding carboxylic acids is 3. The van der Waals surface area contributed by atoms with Gasteiger partial charge in [0.2, 0.25) is 0 Å². The van der Waals surface area contributed by atoms with Crippen molar-refractivity contribution < 1.29 is 29.0 Å². The third-order valence-corrected chi connectivity index (χ3v) is 8.32. The maximum atomic E-state index is 13.1. The molecule has 4 atom stereocenters. The van der Waals surface area contributed by atoms with E-state index >= 15 is 0 Å². The zero-order valence-corrected chi connectivity index (χ0v) is 21.8. The summed E-state index contributed by atoms with van der Waals surface area (Å²) in [5, 5.41) is 9.30. The van der Waals surface area contributed by atoms with Gasteiger partial charge >= 0.3 is 5.97 Å². The van der Waals surface area contributed by atoms with Gasteiger partial charge in [-0.1, -0.05) is 19.3 Å². The number of aliphatic carboxylic acids is 1. The molecule has 0 amide bonds. The lowest BCUT2D eigenvalue weighted by molar-refractivity contribution is -0.147. The minimum absolute atomic E-state index is 0.0510. The maximum absolute atomic E-state index is 13.1. The van der Waals surface area contributed by atoms with E-state index in [1.165, 1.54) is 0 Å². The van der Waals surface area contributed by atoms with Crippen LogP contribution in [0.5, 0.6) is 0 Å². The Labute approximate surface area is 205 Å². The second-order valence-corrected chi connectivity index (χ2v) is 12.0. The molecule has 0 aromatic heterocycles. The number of carboxylic acids is 1. The molecule has 0 aliphatic heterocycles. The van der Waals surface area contributed by atoms with Gasteiger partial charge in [-0.2, -0.15) is 0 Å². The minimum Gasteiger partial charge on any atom is -0.481 e. The van der Waals surface area contributed by atoms with E-state index in [1.54, 1.807) is 13.8 Å². The van der Waals surface area contributed by atoms with E-state index in [4.69, 9.17) is 4.74 Å². The molecule has 6 nitrogen and oxygen atoms in total. The fraction of sp³-hybridized carbons (Fsp3) is 0.857. The van der Waals surface area contributed by atoms with Gasteiger partial charge < -0.3 is 9.84 Å². The van der Waals surface area contributed by atoms with Gasteiger partial charge in [-0.25, -0.2) is 0 Å². The summed E-state index contributed by atoms with van der Waals surface area (Å²) in [4.78, 5) is 48.1. The molecule has 0 radical (unpaired) electrons. The summed E-state index contributed by atoms with van der Waals surface area (Å²) in [6.45, 7) is 7.78. The average molecular weight is 479 g/mol. The molecule has 2 aliphatic carbocycles. The molecule has 194 valence electrons. The topological polar surface area (TPSA) is 97.7 Å². The summed E-state index contributed by atoms with van der Waals surface area (Å²) in [6.07, 6.45) is 12.0. The van der Waals surface area contributed by atoms with Gasteiger partial charge in [-0.3, -0.25) is 19.2 Å². The Hall–Kier alpha value is -1.72. The van der Waals surface area contributed by atoms with Gasteiger partial charge in [0.15, 0.2) is 0 Å². The number of carbonyl (C=O) groups is 4. The van der Waals surface area contributed by atoms with Crippen LogP contribution in [0.4, 0.5) is 0 Å². The van der Waals surface area contributed by atoms with Crippen LogP contribution in [0.3, 0.4) is 0 Å². The van der Waals surface area contributed by atoms with E-state index in [-0.39, 0.29) is 23.7 Å². The van der Waals surface area contributed by atoms with Gasteiger partial charge in [0, 0.05) is 23.7 Å². The first-order valence-electron chi connectivity index (χ1n) is 13.4. The van der Waals surface area contributed by atoms with Crippen LogP contribution in [0.1, 0.15) is 118 Å². The predicted molar refractivity (Wildman–Crippen MR) is 131 cm³/mol. The molecule has 0 saturated heterocycles. The standard InChI is InChI=1S/C28H46O6/c1-27(2,26(32)33)17-7-13-20-9-5-11-22(24(20)30)15-16-23-12-6-10-21(25(23)31)14-8-18-28(3,4)34-19-29/h19-23H,5-18H2,1-4H3,(H,32,33). The molecule has 6 heteroatoms. The molecule has 2 fully saturated rings. The van der Waals surface area contributed by atoms with Crippen molar-refractivity contribution in [2.75, 3.05) is 0 Å². The zero-order valence-electron chi connectivity index (χ0n) is 21.8. The monoisotopic (exact) mass is 478 g/mol. The fourth-order valence-corrected chi connectivity index (χ4v) is 5.87. The van der Waals surface area contributed by atoms with E-state index in [0.717, 1.165) is 83.5 Å². The van der Waals surface area contributed by atoms with E-state index in [0.29, 0.717) is 24.5 Å². The lowest BCUT2D eigenvalue weighted by Gasteiger charge is -2.32. The van der Waals surface area contributed by atoms with Crippen LogP contribution < -0.4 is 0 Å². The Morgan fingerprint density at radius 3 is 1.65 bits per heavy atom. The molecule has 2 saturated carbocycles. The smallest absolute Gasteiger partial charge is 0.309 e. The predicted octanol–water partition coefficient (Wildman–Crippen LogP) is 6.14.